The Morgan fingerprint density at radius 2 is 2.00 bits per heavy atom. The van der Waals surface area contributed by atoms with Gasteiger partial charge in [0.15, 0.2) is 0 Å². The Bertz CT molecular complexity index is 911. The lowest BCUT2D eigenvalue weighted by atomic mass is 10.1. The van der Waals surface area contributed by atoms with Crippen molar-refractivity contribution < 1.29 is 4.79 Å². The first-order valence-corrected chi connectivity index (χ1v) is 7.80. The lowest BCUT2D eigenvalue weighted by Gasteiger charge is -2.13. The van der Waals surface area contributed by atoms with Crippen LogP contribution in [0.25, 0.3) is 5.70 Å². The molecular formula is C18H15ClN4O. The third-order valence-electron chi connectivity index (χ3n) is 3.54. The summed E-state index contributed by atoms with van der Waals surface area (Å²) in [4.78, 5) is 16.4. The van der Waals surface area contributed by atoms with Crippen LogP contribution in [0.15, 0.2) is 59.8 Å². The van der Waals surface area contributed by atoms with Gasteiger partial charge in [-0.1, -0.05) is 29.5 Å². The second-order valence-corrected chi connectivity index (χ2v) is 5.85. The molecule has 1 heterocycles. The number of carbonyl (C=O) groups is 1. The van der Waals surface area contributed by atoms with Crippen LogP contribution in [0.1, 0.15) is 36.1 Å². The van der Waals surface area contributed by atoms with E-state index in [1.54, 1.807) is 12.1 Å². The Morgan fingerprint density at radius 3 is 2.67 bits per heavy atom. The van der Waals surface area contributed by atoms with Crippen molar-refractivity contribution >= 4 is 23.2 Å². The van der Waals surface area contributed by atoms with Crippen LogP contribution < -0.4 is 5.32 Å². The van der Waals surface area contributed by atoms with E-state index in [2.05, 4.69) is 26.9 Å². The third-order valence-corrected chi connectivity index (χ3v) is 3.79. The van der Waals surface area contributed by atoms with E-state index in [9.17, 15) is 4.79 Å². The summed E-state index contributed by atoms with van der Waals surface area (Å²) in [6.45, 7) is 3.82. The molecule has 0 unspecified atom stereocenters. The topological polar surface area (TPSA) is 59.8 Å². The Kier molecular flexibility index (Phi) is 4.50. The highest BCUT2D eigenvalue weighted by molar-refractivity contribution is 6.30. The van der Waals surface area contributed by atoms with Crippen LogP contribution in [0.5, 0.6) is 0 Å². The van der Waals surface area contributed by atoms with Crippen molar-refractivity contribution in [2.75, 3.05) is 0 Å². The molecule has 0 aliphatic heterocycles. The van der Waals surface area contributed by atoms with Gasteiger partial charge in [-0.3, -0.25) is 4.79 Å². The molecule has 1 aliphatic carbocycles. The molecule has 0 saturated carbocycles. The van der Waals surface area contributed by atoms with Gasteiger partial charge in [-0.2, -0.15) is 0 Å². The maximum Gasteiger partial charge on any atom is 0.291 e. The number of benzene rings is 1. The van der Waals surface area contributed by atoms with Gasteiger partial charge < -0.3 is 5.32 Å². The predicted octanol–water partition coefficient (Wildman–Crippen LogP) is 3.53. The number of aromatic nitrogens is 3. The van der Waals surface area contributed by atoms with Crippen LogP contribution in [0, 0.1) is 0 Å². The number of nitrogens with one attached hydrogen (secondary N) is 1. The zero-order valence-corrected chi connectivity index (χ0v) is 14.0. The number of rotatable bonds is 4. The van der Waals surface area contributed by atoms with Gasteiger partial charge in [0.1, 0.15) is 12.0 Å². The summed E-state index contributed by atoms with van der Waals surface area (Å²) in [5, 5.41) is 7.72. The molecule has 5 nitrogen and oxygen atoms in total. The van der Waals surface area contributed by atoms with Crippen molar-refractivity contribution in [2.45, 2.75) is 19.9 Å². The Morgan fingerprint density at radius 1 is 1.25 bits per heavy atom. The molecule has 2 aromatic rings. The molecule has 0 saturated heterocycles. The average molecular weight is 339 g/mol. The molecule has 0 radical (unpaired) electrons. The lowest BCUT2D eigenvalue weighted by molar-refractivity contribution is 0.0929. The summed E-state index contributed by atoms with van der Waals surface area (Å²) in [5.41, 5.74) is 8.55. The molecular weight excluding hydrogens is 324 g/mol. The van der Waals surface area contributed by atoms with Crippen LogP contribution in [0.2, 0.25) is 5.02 Å². The van der Waals surface area contributed by atoms with Gasteiger partial charge in [-0.25, -0.2) is 9.67 Å². The molecule has 0 bridgehead atoms. The normalized spacial score (nSPS) is 14.1. The second kappa shape index (κ2) is 6.73. The van der Waals surface area contributed by atoms with Gasteiger partial charge in [0.2, 0.25) is 5.82 Å². The van der Waals surface area contributed by atoms with E-state index in [1.807, 2.05) is 38.1 Å². The van der Waals surface area contributed by atoms with Crippen LogP contribution in [0.4, 0.5) is 0 Å². The van der Waals surface area contributed by atoms with Gasteiger partial charge in [-0.15, -0.1) is 5.10 Å². The predicted molar refractivity (Wildman–Crippen MR) is 92.4 cm³/mol. The van der Waals surface area contributed by atoms with Gasteiger partial charge in [0, 0.05) is 5.02 Å². The maximum atomic E-state index is 12.3. The van der Waals surface area contributed by atoms with Crippen molar-refractivity contribution in [3.63, 3.8) is 0 Å². The van der Waals surface area contributed by atoms with Crippen molar-refractivity contribution in [1.82, 2.24) is 20.1 Å². The summed E-state index contributed by atoms with van der Waals surface area (Å²) in [6.07, 6.45) is 5.23. The summed E-state index contributed by atoms with van der Waals surface area (Å²) in [7, 11) is 0. The van der Waals surface area contributed by atoms with Crippen molar-refractivity contribution in [1.29, 1.82) is 0 Å². The zero-order valence-electron chi connectivity index (χ0n) is 13.2. The number of halogens is 1. The minimum Gasteiger partial charge on any atom is -0.343 e. The SMILES string of the molecule is CC1=C=C=C(n2cnc(C(=O)N[C@H](C)c3ccc(Cl)cc3)n2)C=C1. The molecule has 120 valence electrons. The van der Waals surface area contributed by atoms with Crippen LogP contribution in [-0.2, 0) is 0 Å². The molecule has 6 heteroatoms. The van der Waals surface area contributed by atoms with Crippen molar-refractivity contribution in [2.24, 2.45) is 0 Å². The van der Waals surface area contributed by atoms with Gasteiger partial charge >= 0.3 is 0 Å². The van der Waals surface area contributed by atoms with Gasteiger partial charge in [0.25, 0.3) is 5.91 Å². The first-order chi connectivity index (χ1) is 11.5. The van der Waals surface area contributed by atoms with Crippen molar-refractivity contribution in [3.05, 3.63) is 76.2 Å². The van der Waals surface area contributed by atoms with Crippen LogP contribution in [-0.4, -0.2) is 20.7 Å². The van der Waals surface area contributed by atoms with E-state index < -0.39 is 0 Å². The minimum atomic E-state index is -0.340. The number of hydrogen-bond donors (Lipinski definition) is 1. The van der Waals surface area contributed by atoms with E-state index in [0.29, 0.717) is 10.7 Å². The fourth-order valence-electron chi connectivity index (χ4n) is 2.16. The van der Waals surface area contributed by atoms with E-state index in [0.717, 1.165) is 11.1 Å². The molecule has 0 spiro atoms. The first kappa shape index (κ1) is 16.0. The summed E-state index contributed by atoms with van der Waals surface area (Å²) in [5.74, 6) is -0.239. The number of carbonyl (C=O) groups excluding carboxylic acids is 1. The maximum absolute atomic E-state index is 12.3. The Balaban J connectivity index is 1.73. The minimum absolute atomic E-state index is 0.102. The Hall–Kier alpha value is -2.84. The van der Waals surface area contributed by atoms with Crippen LogP contribution >= 0.6 is 11.6 Å². The first-order valence-electron chi connectivity index (χ1n) is 7.42. The third kappa shape index (κ3) is 3.55. The second-order valence-electron chi connectivity index (χ2n) is 5.41. The van der Waals surface area contributed by atoms with Crippen LogP contribution in [0.3, 0.4) is 0 Å². The lowest BCUT2D eigenvalue weighted by Crippen LogP contribution is -2.27. The fraction of sp³-hybridized carbons (Fsp3) is 0.167. The standard InChI is InChI=1S/C18H15ClN4O/c1-12-3-9-16(10-4-12)23-11-20-17(22-23)18(24)21-13(2)14-5-7-15(19)8-6-14/h3,5-9,11,13H,1-2H3,(H,21,24)/t13-/m1/s1. The molecule has 1 aliphatic rings. The Labute approximate surface area is 144 Å². The van der Waals surface area contributed by atoms with E-state index in [1.165, 1.54) is 11.0 Å². The number of allylic oxidation sites excluding steroid dienone is 4. The summed E-state index contributed by atoms with van der Waals surface area (Å²) >= 11 is 5.87. The van der Waals surface area contributed by atoms with Gasteiger partial charge in [0.05, 0.1) is 6.04 Å². The molecule has 0 fully saturated rings. The average Bonchev–Trinajstić information content (AvgIpc) is 3.06. The molecule has 3 rings (SSSR count). The van der Waals surface area contributed by atoms with E-state index >= 15 is 0 Å². The van der Waals surface area contributed by atoms with E-state index in [-0.39, 0.29) is 17.8 Å². The molecule has 1 aromatic carbocycles. The largest absolute Gasteiger partial charge is 0.343 e. The molecule has 24 heavy (non-hydrogen) atoms. The highest BCUT2D eigenvalue weighted by Crippen LogP contribution is 2.16. The zero-order chi connectivity index (χ0) is 17.1. The highest BCUT2D eigenvalue weighted by Gasteiger charge is 2.16. The quantitative estimate of drug-likeness (QED) is 0.867. The summed E-state index contributed by atoms with van der Waals surface area (Å²) in [6, 6.07) is 7.14. The monoisotopic (exact) mass is 338 g/mol. The van der Waals surface area contributed by atoms with E-state index in [4.69, 9.17) is 11.6 Å². The number of nitrogens with zero attached hydrogens (tertiary/aromatic N) is 3. The van der Waals surface area contributed by atoms with Crippen molar-refractivity contribution in [3.8, 4) is 0 Å². The molecule has 1 atom stereocenters. The molecule has 1 N–H and O–H groups in total. The van der Waals surface area contributed by atoms with Gasteiger partial charge in [-0.05, 0) is 55.0 Å². The smallest absolute Gasteiger partial charge is 0.291 e. The number of hydrogen-bond acceptors (Lipinski definition) is 3. The fourth-order valence-corrected chi connectivity index (χ4v) is 2.29. The molecule has 1 aromatic heterocycles. The number of amides is 1. The molecule has 1 amide bonds. The summed E-state index contributed by atoms with van der Waals surface area (Å²) < 4.78 is 1.50. The highest BCUT2D eigenvalue weighted by atomic mass is 35.5.